The first kappa shape index (κ1) is 23.4. The minimum Gasteiger partial charge on any atom is -0.454 e. The Balaban J connectivity index is 1.57. The monoisotopic (exact) mass is 465 g/mol. The second kappa shape index (κ2) is 9.90. The summed E-state index contributed by atoms with van der Waals surface area (Å²) < 4.78 is 58.7. The van der Waals surface area contributed by atoms with Crippen LogP contribution >= 0.6 is 0 Å². The SMILES string of the molecule is CS(=O)(=O)N1CCCc2cc(C(=O)COC(=O)C=Cc3ccc(OC(F)F)cc3)ccc21. The molecule has 0 bridgehead atoms. The van der Waals surface area contributed by atoms with Crippen LogP contribution in [0.15, 0.2) is 48.5 Å². The summed E-state index contributed by atoms with van der Waals surface area (Å²) in [6.07, 6.45) is 4.96. The zero-order valence-corrected chi connectivity index (χ0v) is 18.0. The highest BCUT2D eigenvalue weighted by atomic mass is 32.2. The van der Waals surface area contributed by atoms with Crippen LogP contribution in [0.3, 0.4) is 0 Å². The Bertz CT molecular complexity index is 1130. The van der Waals surface area contributed by atoms with E-state index in [1.165, 1.54) is 40.7 Å². The van der Waals surface area contributed by atoms with Gasteiger partial charge in [-0.2, -0.15) is 8.78 Å². The molecule has 0 amide bonds. The third-order valence-electron chi connectivity index (χ3n) is 4.74. The molecular weight excluding hydrogens is 444 g/mol. The predicted octanol–water partition coefficient (Wildman–Crippen LogP) is 3.44. The molecule has 1 aliphatic heterocycles. The van der Waals surface area contributed by atoms with E-state index in [1.54, 1.807) is 12.1 Å². The van der Waals surface area contributed by atoms with Gasteiger partial charge in [-0.1, -0.05) is 12.1 Å². The van der Waals surface area contributed by atoms with Gasteiger partial charge in [0.15, 0.2) is 12.4 Å². The lowest BCUT2D eigenvalue weighted by molar-refractivity contribution is -0.136. The lowest BCUT2D eigenvalue weighted by atomic mass is 9.99. The van der Waals surface area contributed by atoms with E-state index in [2.05, 4.69) is 4.74 Å². The van der Waals surface area contributed by atoms with E-state index >= 15 is 0 Å². The number of alkyl halides is 2. The van der Waals surface area contributed by atoms with Crippen molar-refractivity contribution in [1.82, 2.24) is 0 Å². The van der Waals surface area contributed by atoms with E-state index in [4.69, 9.17) is 4.74 Å². The maximum absolute atomic E-state index is 12.4. The van der Waals surface area contributed by atoms with Crippen molar-refractivity contribution in [1.29, 1.82) is 0 Å². The smallest absolute Gasteiger partial charge is 0.387 e. The number of carbonyl (C=O) groups is 2. The number of nitrogens with zero attached hydrogens (tertiary/aromatic N) is 1. The normalized spacial score (nSPS) is 13.8. The molecule has 0 N–H and O–H groups in total. The van der Waals surface area contributed by atoms with Crippen molar-refractivity contribution in [3.8, 4) is 5.75 Å². The van der Waals surface area contributed by atoms with E-state index in [-0.39, 0.29) is 5.75 Å². The molecule has 0 aromatic heterocycles. The van der Waals surface area contributed by atoms with E-state index in [0.717, 1.165) is 17.9 Å². The molecule has 3 rings (SSSR count). The van der Waals surface area contributed by atoms with Gasteiger partial charge in [0.25, 0.3) is 0 Å². The molecule has 7 nitrogen and oxygen atoms in total. The van der Waals surface area contributed by atoms with Crippen LogP contribution in [0.4, 0.5) is 14.5 Å². The van der Waals surface area contributed by atoms with E-state index in [9.17, 15) is 26.8 Å². The number of rotatable bonds is 8. The maximum atomic E-state index is 12.4. The fourth-order valence-corrected chi connectivity index (χ4v) is 4.27. The number of halogens is 2. The number of esters is 1. The number of sulfonamides is 1. The highest BCUT2D eigenvalue weighted by Crippen LogP contribution is 2.30. The molecule has 1 aliphatic rings. The Kier molecular flexibility index (Phi) is 7.24. The topological polar surface area (TPSA) is 90.0 Å². The van der Waals surface area contributed by atoms with E-state index in [0.29, 0.717) is 36.2 Å². The molecule has 10 heteroatoms. The molecule has 2 aromatic carbocycles. The van der Waals surface area contributed by atoms with Gasteiger partial charge in [0.05, 0.1) is 11.9 Å². The van der Waals surface area contributed by atoms with Crippen molar-refractivity contribution in [2.45, 2.75) is 19.5 Å². The summed E-state index contributed by atoms with van der Waals surface area (Å²) in [5.74, 6) is -1.16. The molecule has 1 heterocycles. The summed E-state index contributed by atoms with van der Waals surface area (Å²) in [4.78, 5) is 24.3. The van der Waals surface area contributed by atoms with Crippen LogP contribution < -0.4 is 9.04 Å². The summed E-state index contributed by atoms with van der Waals surface area (Å²) in [6, 6.07) is 10.4. The number of ketones is 1. The second-order valence-corrected chi connectivity index (χ2v) is 9.00. The van der Waals surface area contributed by atoms with Crippen molar-refractivity contribution in [3.63, 3.8) is 0 Å². The summed E-state index contributed by atoms with van der Waals surface area (Å²) >= 11 is 0. The van der Waals surface area contributed by atoms with E-state index < -0.39 is 35.0 Å². The number of fused-ring (bicyclic) bond motifs is 1. The van der Waals surface area contributed by atoms with Crippen LogP contribution in [0.5, 0.6) is 5.75 Å². The Hall–Kier alpha value is -3.27. The van der Waals surface area contributed by atoms with Gasteiger partial charge >= 0.3 is 12.6 Å². The van der Waals surface area contributed by atoms with Crippen LogP contribution in [0, 0.1) is 0 Å². The molecule has 0 fully saturated rings. The van der Waals surface area contributed by atoms with Crippen LogP contribution in [0.1, 0.15) is 27.9 Å². The molecular formula is C22H21F2NO6S. The standard InChI is InChI=1S/C22H21F2NO6S/c1-32(28,29)25-12-2-3-16-13-17(7-10-19(16)25)20(26)14-30-21(27)11-6-15-4-8-18(9-5-15)31-22(23)24/h4-11,13,22H,2-3,12,14H2,1H3. The van der Waals surface area contributed by atoms with Gasteiger partial charge in [-0.15, -0.1) is 0 Å². The fourth-order valence-electron chi connectivity index (χ4n) is 3.27. The third kappa shape index (κ3) is 6.13. The van der Waals surface area contributed by atoms with Gasteiger partial charge in [0, 0.05) is 18.2 Å². The van der Waals surface area contributed by atoms with Crippen LogP contribution in [-0.2, 0) is 26.0 Å². The highest BCUT2D eigenvalue weighted by molar-refractivity contribution is 7.92. The molecule has 0 spiro atoms. The Morgan fingerprint density at radius 1 is 1.16 bits per heavy atom. The van der Waals surface area contributed by atoms with Gasteiger partial charge in [-0.3, -0.25) is 9.10 Å². The Morgan fingerprint density at radius 2 is 1.88 bits per heavy atom. The molecule has 170 valence electrons. The number of Topliss-reactive ketones (excluding diaryl/α,β-unsaturated/α-hetero) is 1. The van der Waals surface area contributed by atoms with Gasteiger partial charge < -0.3 is 9.47 Å². The number of hydrogen-bond donors (Lipinski definition) is 0. The van der Waals surface area contributed by atoms with Crippen molar-refractivity contribution < 1.29 is 36.3 Å². The molecule has 0 atom stereocenters. The number of carbonyl (C=O) groups excluding carboxylic acids is 2. The maximum Gasteiger partial charge on any atom is 0.387 e. The van der Waals surface area contributed by atoms with Crippen LogP contribution in [0.25, 0.3) is 6.08 Å². The highest BCUT2D eigenvalue weighted by Gasteiger charge is 2.24. The number of anilines is 1. The average Bonchev–Trinajstić information content (AvgIpc) is 2.75. The third-order valence-corrected chi connectivity index (χ3v) is 5.92. The zero-order valence-electron chi connectivity index (χ0n) is 17.2. The largest absolute Gasteiger partial charge is 0.454 e. The Morgan fingerprint density at radius 3 is 2.53 bits per heavy atom. The Labute approximate surface area is 184 Å². The summed E-state index contributed by atoms with van der Waals surface area (Å²) in [6.45, 7) is -3.00. The summed E-state index contributed by atoms with van der Waals surface area (Å²) in [5.41, 5.74) is 2.18. The van der Waals surface area contributed by atoms with Gasteiger partial charge in [0.1, 0.15) is 5.75 Å². The molecule has 0 unspecified atom stereocenters. The van der Waals surface area contributed by atoms with Crippen molar-refractivity contribution in [2.75, 3.05) is 23.7 Å². The molecule has 2 aromatic rings. The first-order chi connectivity index (χ1) is 15.1. The van der Waals surface area contributed by atoms with Crippen LogP contribution in [0.2, 0.25) is 0 Å². The summed E-state index contributed by atoms with van der Waals surface area (Å²) in [7, 11) is -3.40. The summed E-state index contributed by atoms with van der Waals surface area (Å²) in [5, 5.41) is 0. The number of hydrogen-bond acceptors (Lipinski definition) is 6. The van der Waals surface area contributed by atoms with Crippen LogP contribution in [-0.4, -0.2) is 46.2 Å². The predicted molar refractivity (Wildman–Crippen MR) is 114 cm³/mol. The zero-order chi connectivity index (χ0) is 23.3. The van der Waals surface area contributed by atoms with Crippen molar-refractivity contribution >= 4 is 33.5 Å². The lowest BCUT2D eigenvalue weighted by Gasteiger charge is -2.29. The minimum absolute atomic E-state index is 0.00460. The first-order valence-corrected chi connectivity index (χ1v) is 11.5. The average molecular weight is 465 g/mol. The number of benzene rings is 2. The molecule has 0 saturated carbocycles. The van der Waals surface area contributed by atoms with Gasteiger partial charge in [-0.05, 0) is 60.4 Å². The second-order valence-electron chi connectivity index (χ2n) is 7.09. The minimum atomic E-state index is -3.40. The molecule has 0 saturated heterocycles. The first-order valence-electron chi connectivity index (χ1n) is 9.67. The fraction of sp³-hybridized carbons (Fsp3) is 0.273. The van der Waals surface area contributed by atoms with Gasteiger partial charge in [0.2, 0.25) is 10.0 Å². The quantitative estimate of drug-likeness (QED) is 0.337. The van der Waals surface area contributed by atoms with Gasteiger partial charge in [-0.25, -0.2) is 13.2 Å². The van der Waals surface area contributed by atoms with Crippen molar-refractivity contribution in [2.24, 2.45) is 0 Å². The van der Waals surface area contributed by atoms with Crippen molar-refractivity contribution in [3.05, 3.63) is 65.2 Å². The molecule has 0 radical (unpaired) electrons. The molecule has 32 heavy (non-hydrogen) atoms. The van der Waals surface area contributed by atoms with E-state index in [1.807, 2.05) is 0 Å². The number of aryl methyl sites for hydroxylation is 1. The molecule has 0 aliphatic carbocycles. The number of ether oxygens (including phenoxy) is 2. The lowest BCUT2D eigenvalue weighted by Crippen LogP contribution is -2.34.